The maximum Gasteiger partial charge on any atom is 0.285 e. The first-order valence-electron chi connectivity index (χ1n) is 14.9. The summed E-state index contributed by atoms with van der Waals surface area (Å²) in [4.78, 5) is 0. The topological polar surface area (TPSA) is 27.7 Å². The molecule has 0 aliphatic carbocycles. The van der Waals surface area contributed by atoms with Gasteiger partial charge in [0.25, 0.3) is 5.97 Å². The fraction of sp³-hybridized carbons (Fsp3) is 0.750. The molecule has 0 aliphatic rings. The van der Waals surface area contributed by atoms with Crippen LogP contribution in [0.5, 0.6) is 0 Å². The maximum absolute atomic E-state index is 6.57. The Kier molecular flexibility index (Phi) is 20.1. The van der Waals surface area contributed by atoms with Crippen molar-refractivity contribution >= 4 is 6.08 Å². The molecule has 1 unspecified atom stereocenters. The van der Waals surface area contributed by atoms with Crippen LogP contribution in [0.1, 0.15) is 130 Å². The number of ether oxygens (including phenoxy) is 3. The third kappa shape index (κ3) is 14.9. The normalized spacial score (nSPS) is 13.0. The summed E-state index contributed by atoms with van der Waals surface area (Å²) in [6.45, 7) is 11.0. The van der Waals surface area contributed by atoms with Gasteiger partial charge in [-0.3, -0.25) is 0 Å². The molecule has 1 aromatic rings. The van der Waals surface area contributed by atoms with Crippen LogP contribution in [0, 0.1) is 5.92 Å². The second-order valence-electron chi connectivity index (χ2n) is 9.85. The van der Waals surface area contributed by atoms with Crippen molar-refractivity contribution in [2.45, 2.75) is 130 Å². The van der Waals surface area contributed by atoms with Crippen LogP contribution < -0.4 is 0 Å². The first-order chi connectivity index (χ1) is 17.2. The van der Waals surface area contributed by atoms with Gasteiger partial charge in [-0.05, 0) is 44.1 Å². The van der Waals surface area contributed by atoms with Crippen molar-refractivity contribution in [3.63, 3.8) is 0 Å². The fourth-order valence-electron chi connectivity index (χ4n) is 4.30. The number of allylic oxidation sites excluding steroid dienone is 1. The van der Waals surface area contributed by atoms with Gasteiger partial charge in [0.05, 0.1) is 19.8 Å². The van der Waals surface area contributed by atoms with Crippen molar-refractivity contribution in [3.8, 4) is 0 Å². The molecular weight excluding hydrogens is 432 g/mol. The largest absolute Gasteiger partial charge is 0.327 e. The molecule has 0 radical (unpaired) electrons. The summed E-state index contributed by atoms with van der Waals surface area (Å²) in [5, 5.41) is 0. The number of unbranched alkanes of at least 4 members (excludes halogenated alkanes) is 8. The monoisotopic (exact) mass is 488 g/mol. The molecule has 0 heterocycles. The van der Waals surface area contributed by atoms with E-state index in [-0.39, 0.29) is 5.92 Å². The van der Waals surface area contributed by atoms with Gasteiger partial charge in [-0.15, -0.1) is 0 Å². The Morgan fingerprint density at radius 3 is 1.69 bits per heavy atom. The van der Waals surface area contributed by atoms with E-state index in [4.69, 9.17) is 14.2 Å². The highest BCUT2D eigenvalue weighted by molar-refractivity contribution is 5.48. The molecule has 0 bridgehead atoms. The second kappa shape index (κ2) is 22.1. The standard InChI is InChI=1S/C32H56O3/c1-5-9-13-14-15-19-25-31(26-21-20-24-30-22-17-16-18-23-30)32(33-27-10-6-2,34-28-11-7-3)35-29-12-8-4/h16-18,20,22-24,31H,5-15,19,21,25-29H2,1-4H3. The fourth-order valence-corrected chi connectivity index (χ4v) is 4.30. The highest BCUT2D eigenvalue weighted by atomic mass is 16.9. The maximum atomic E-state index is 6.57. The predicted octanol–water partition coefficient (Wildman–Crippen LogP) is 9.95. The molecule has 0 aliphatic heterocycles. The lowest BCUT2D eigenvalue weighted by atomic mass is 9.92. The summed E-state index contributed by atoms with van der Waals surface area (Å²) in [7, 11) is 0. The Morgan fingerprint density at radius 2 is 1.14 bits per heavy atom. The average Bonchev–Trinajstić information content (AvgIpc) is 2.88. The van der Waals surface area contributed by atoms with Crippen molar-refractivity contribution in [1.29, 1.82) is 0 Å². The van der Waals surface area contributed by atoms with Crippen LogP contribution in [0.2, 0.25) is 0 Å². The molecule has 0 spiro atoms. The molecule has 1 aromatic carbocycles. The van der Waals surface area contributed by atoms with Crippen LogP contribution >= 0.6 is 0 Å². The molecule has 3 nitrogen and oxygen atoms in total. The van der Waals surface area contributed by atoms with E-state index in [2.05, 4.69) is 70.2 Å². The van der Waals surface area contributed by atoms with Crippen molar-refractivity contribution in [2.24, 2.45) is 5.92 Å². The molecule has 0 fully saturated rings. The van der Waals surface area contributed by atoms with Crippen molar-refractivity contribution < 1.29 is 14.2 Å². The SMILES string of the molecule is CCCCCCCCC(CCC=Cc1ccccc1)C(OCCCC)(OCCCC)OCCCC. The quantitative estimate of drug-likeness (QED) is 0.107. The summed E-state index contributed by atoms with van der Waals surface area (Å²) < 4.78 is 19.7. The predicted molar refractivity (Wildman–Crippen MR) is 152 cm³/mol. The Morgan fingerprint density at radius 1 is 0.629 bits per heavy atom. The minimum absolute atomic E-state index is 0.236. The first kappa shape index (κ1) is 31.9. The van der Waals surface area contributed by atoms with Gasteiger partial charge >= 0.3 is 0 Å². The molecule has 0 aromatic heterocycles. The van der Waals surface area contributed by atoms with Gasteiger partial charge in [-0.25, -0.2) is 0 Å². The van der Waals surface area contributed by atoms with Crippen molar-refractivity contribution in [3.05, 3.63) is 42.0 Å². The molecule has 1 rings (SSSR count). The third-order valence-electron chi connectivity index (χ3n) is 6.60. The van der Waals surface area contributed by atoms with Crippen LogP contribution in [0.25, 0.3) is 6.08 Å². The van der Waals surface area contributed by atoms with E-state index in [1.807, 2.05) is 0 Å². The Bertz CT molecular complexity index is 572. The lowest BCUT2D eigenvalue weighted by Gasteiger charge is -2.40. The number of hydrogen-bond donors (Lipinski definition) is 0. The highest BCUT2D eigenvalue weighted by Gasteiger charge is 2.42. The van der Waals surface area contributed by atoms with Gasteiger partial charge in [-0.1, -0.05) is 128 Å². The Labute approximate surface area is 218 Å². The minimum Gasteiger partial charge on any atom is -0.327 e. The smallest absolute Gasteiger partial charge is 0.285 e. The summed E-state index contributed by atoms with van der Waals surface area (Å²) >= 11 is 0. The van der Waals surface area contributed by atoms with E-state index in [1.54, 1.807) is 0 Å². The van der Waals surface area contributed by atoms with Gasteiger partial charge < -0.3 is 14.2 Å². The van der Waals surface area contributed by atoms with Crippen LogP contribution in [0.3, 0.4) is 0 Å². The lowest BCUT2D eigenvalue weighted by molar-refractivity contribution is -0.407. The van der Waals surface area contributed by atoms with Gasteiger partial charge in [0.1, 0.15) is 0 Å². The van der Waals surface area contributed by atoms with Gasteiger partial charge in [0, 0.05) is 5.92 Å². The van der Waals surface area contributed by atoms with Gasteiger partial charge in [-0.2, -0.15) is 0 Å². The van der Waals surface area contributed by atoms with E-state index < -0.39 is 5.97 Å². The number of benzene rings is 1. The second-order valence-corrected chi connectivity index (χ2v) is 9.85. The molecule has 202 valence electrons. The molecule has 0 amide bonds. The van der Waals surface area contributed by atoms with Crippen LogP contribution in [-0.4, -0.2) is 25.8 Å². The molecular formula is C32H56O3. The van der Waals surface area contributed by atoms with E-state index in [9.17, 15) is 0 Å². The van der Waals surface area contributed by atoms with E-state index in [0.717, 1.165) is 57.8 Å². The average molecular weight is 489 g/mol. The number of hydrogen-bond acceptors (Lipinski definition) is 3. The van der Waals surface area contributed by atoms with E-state index in [1.165, 1.54) is 44.1 Å². The van der Waals surface area contributed by atoms with Crippen LogP contribution in [0.4, 0.5) is 0 Å². The minimum atomic E-state index is -0.913. The molecule has 35 heavy (non-hydrogen) atoms. The molecule has 0 saturated carbocycles. The van der Waals surface area contributed by atoms with Crippen molar-refractivity contribution in [2.75, 3.05) is 19.8 Å². The summed E-state index contributed by atoms with van der Waals surface area (Å²) in [6, 6.07) is 10.6. The third-order valence-corrected chi connectivity index (χ3v) is 6.60. The molecule has 3 heteroatoms. The summed E-state index contributed by atoms with van der Waals surface area (Å²) in [6.07, 6.45) is 21.9. The van der Waals surface area contributed by atoms with Crippen LogP contribution in [-0.2, 0) is 14.2 Å². The zero-order valence-corrected chi connectivity index (χ0v) is 23.6. The first-order valence-corrected chi connectivity index (χ1v) is 14.9. The number of rotatable bonds is 24. The van der Waals surface area contributed by atoms with E-state index in [0.29, 0.717) is 19.8 Å². The summed E-state index contributed by atoms with van der Waals surface area (Å²) in [5.41, 5.74) is 1.25. The zero-order chi connectivity index (χ0) is 25.5. The van der Waals surface area contributed by atoms with Gasteiger partial charge in [0.2, 0.25) is 0 Å². The zero-order valence-electron chi connectivity index (χ0n) is 23.6. The van der Waals surface area contributed by atoms with Crippen LogP contribution in [0.15, 0.2) is 36.4 Å². The highest BCUT2D eigenvalue weighted by Crippen LogP contribution is 2.35. The van der Waals surface area contributed by atoms with E-state index >= 15 is 0 Å². The van der Waals surface area contributed by atoms with Gasteiger partial charge in [0.15, 0.2) is 0 Å². The molecule has 0 N–H and O–H groups in total. The molecule has 1 atom stereocenters. The van der Waals surface area contributed by atoms with Crippen molar-refractivity contribution in [1.82, 2.24) is 0 Å². The summed E-state index contributed by atoms with van der Waals surface area (Å²) in [5.74, 6) is -0.677. The Balaban J connectivity index is 2.98. The lowest BCUT2D eigenvalue weighted by Crippen LogP contribution is -2.47. The molecule has 0 saturated heterocycles. The Hall–Kier alpha value is -1.16.